The van der Waals surface area contributed by atoms with Gasteiger partial charge >= 0.3 is 0 Å². The summed E-state index contributed by atoms with van der Waals surface area (Å²) >= 11 is 0. The first-order chi connectivity index (χ1) is 7.00. The molecule has 0 aromatic carbocycles. The number of rotatable bonds is 4. The van der Waals surface area contributed by atoms with Crippen molar-refractivity contribution in [2.24, 2.45) is 0 Å². The largest absolute Gasteiger partial charge is 0.383 e. The molecule has 90 valence electrons. The summed E-state index contributed by atoms with van der Waals surface area (Å²) in [5, 5.41) is 3.58. The molecule has 0 aromatic heterocycles. The minimum atomic E-state index is 0.230. The number of nitrogens with one attached hydrogen (secondary N) is 1. The minimum absolute atomic E-state index is 0.230. The Bertz CT molecular complexity index is 194. The van der Waals surface area contributed by atoms with Crippen LogP contribution in [0.2, 0.25) is 0 Å². The van der Waals surface area contributed by atoms with E-state index in [9.17, 15) is 0 Å². The van der Waals surface area contributed by atoms with E-state index in [1.54, 1.807) is 7.11 Å². The zero-order valence-corrected chi connectivity index (χ0v) is 10.8. The zero-order valence-electron chi connectivity index (χ0n) is 10.8. The molecule has 15 heavy (non-hydrogen) atoms. The first-order valence-electron chi connectivity index (χ1n) is 6.00. The van der Waals surface area contributed by atoms with Gasteiger partial charge < -0.3 is 10.1 Å². The van der Waals surface area contributed by atoms with Crippen LogP contribution in [0, 0.1) is 0 Å². The van der Waals surface area contributed by atoms with Crippen LogP contribution in [0.4, 0.5) is 0 Å². The Morgan fingerprint density at radius 1 is 1.53 bits per heavy atom. The highest BCUT2D eigenvalue weighted by atomic mass is 16.5. The molecule has 3 nitrogen and oxygen atoms in total. The van der Waals surface area contributed by atoms with Crippen LogP contribution in [0.3, 0.4) is 0 Å². The van der Waals surface area contributed by atoms with Crippen molar-refractivity contribution in [1.82, 2.24) is 10.2 Å². The van der Waals surface area contributed by atoms with Crippen LogP contribution in [0.15, 0.2) is 0 Å². The van der Waals surface area contributed by atoms with Crippen LogP contribution in [0.25, 0.3) is 0 Å². The number of hydrogen-bond donors (Lipinski definition) is 1. The topological polar surface area (TPSA) is 24.5 Å². The predicted octanol–water partition coefficient (Wildman–Crippen LogP) is 1.48. The van der Waals surface area contributed by atoms with Gasteiger partial charge in [0.15, 0.2) is 0 Å². The maximum absolute atomic E-state index is 5.30. The molecule has 0 spiro atoms. The van der Waals surface area contributed by atoms with E-state index >= 15 is 0 Å². The fraction of sp³-hybridized carbons (Fsp3) is 1.00. The molecular weight excluding hydrogens is 188 g/mol. The van der Waals surface area contributed by atoms with Gasteiger partial charge in [0.25, 0.3) is 0 Å². The Kier molecular flexibility index (Phi) is 4.56. The molecule has 1 rings (SSSR count). The second kappa shape index (κ2) is 5.28. The molecule has 3 heteroatoms. The van der Waals surface area contributed by atoms with Gasteiger partial charge in [0.2, 0.25) is 0 Å². The monoisotopic (exact) mass is 214 g/mol. The van der Waals surface area contributed by atoms with Gasteiger partial charge in [-0.25, -0.2) is 0 Å². The molecule has 0 radical (unpaired) electrons. The van der Waals surface area contributed by atoms with E-state index in [0.717, 1.165) is 26.1 Å². The highest BCUT2D eigenvalue weighted by Gasteiger charge is 2.33. The molecule has 1 aliphatic rings. The molecular formula is C12H26N2O. The fourth-order valence-electron chi connectivity index (χ4n) is 2.34. The lowest BCUT2D eigenvalue weighted by Gasteiger charge is -2.46. The Hall–Kier alpha value is -0.120. The van der Waals surface area contributed by atoms with Gasteiger partial charge in [0.05, 0.1) is 6.61 Å². The summed E-state index contributed by atoms with van der Waals surface area (Å²) in [4.78, 5) is 2.58. The summed E-state index contributed by atoms with van der Waals surface area (Å²) in [7, 11) is 1.79. The van der Waals surface area contributed by atoms with Crippen LogP contribution >= 0.6 is 0 Å². The van der Waals surface area contributed by atoms with Crippen LogP contribution in [-0.4, -0.2) is 49.3 Å². The van der Waals surface area contributed by atoms with Gasteiger partial charge in [0, 0.05) is 37.8 Å². The summed E-state index contributed by atoms with van der Waals surface area (Å²) in [6, 6.07) is 1.17. The molecule has 2 atom stereocenters. The minimum Gasteiger partial charge on any atom is -0.383 e. The highest BCUT2D eigenvalue weighted by molar-refractivity contribution is 4.93. The maximum atomic E-state index is 5.30. The van der Waals surface area contributed by atoms with Crippen molar-refractivity contribution in [2.75, 3.05) is 26.8 Å². The van der Waals surface area contributed by atoms with Gasteiger partial charge in [-0.05, 0) is 27.2 Å². The summed E-state index contributed by atoms with van der Waals surface area (Å²) in [5.74, 6) is 0. The second-order valence-electron chi connectivity index (χ2n) is 5.30. The van der Waals surface area contributed by atoms with Crippen molar-refractivity contribution in [3.63, 3.8) is 0 Å². The zero-order chi connectivity index (χ0) is 11.5. The highest BCUT2D eigenvalue weighted by Crippen LogP contribution is 2.19. The quantitative estimate of drug-likeness (QED) is 0.767. The van der Waals surface area contributed by atoms with Gasteiger partial charge in [-0.1, -0.05) is 6.92 Å². The van der Waals surface area contributed by atoms with E-state index in [2.05, 4.69) is 37.9 Å². The van der Waals surface area contributed by atoms with E-state index in [1.807, 2.05) is 0 Å². The number of nitrogens with zero attached hydrogens (tertiary/aromatic N) is 1. The summed E-state index contributed by atoms with van der Waals surface area (Å²) in [6.07, 6.45) is 1.16. The molecule has 1 N–H and O–H groups in total. The summed E-state index contributed by atoms with van der Waals surface area (Å²) in [5.41, 5.74) is 0.230. The van der Waals surface area contributed by atoms with Crippen LogP contribution < -0.4 is 5.32 Å². The van der Waals surface area contributed by atoms with Gasteiger partial charge in [-0.3, -0.25) is 4.90 Å². The van der Waals surface area contributed by atoms with Crippen molar-refractivity contribution in [1.29, 1.82) is 0 Å². The van der Waals surface area contributed by atoms with E-state index in [0.29, 0.717) is 12.1 Å². The molecule has 1 fully saturated rings. The molecule has 0 saturated carbocycles. The van der Waals surface area contributed by atoms with E-state index in [4.69, 9.17) is 4.74 Å². The third-order valence-electron chi connectivity index (χ3n) is 3.32. The normalized spacial score (nSPS) is 29.0. The number of piperazine rings is 1. The van der Waals surface area contributed by atoms with Crippen molar-refractivity contribution in [3.05, 3.63) is 0 Å². The van der Waals surface area contributed by atoms with E-state index < -0.39 is 0 Å². The van der Waals surface area contributed by atoms with Gasteiger partial charge in [0.1, 0.15) is 0 Å². The average molecular weight is 214 g/mol. The van der Waals surface area contributed by atoms with Crippen LogP contribution in [0.5, 0.6) is 0 Å². The summed E-state index contributed by atoms with van der Waals surface area (Å²) in [6.45, 7) is 12.1. The Morgan fingerprint density at radius 3 is 2.73 bits per heavy atom. The molecule has 1 heterocycles. The molecule has 0 aliphatic carbocycles. The van der Waals surface area contributed by atoms with Crippen LogP contribution in [-0.2, 0) is 4.74 Å². The average Bonchev–Trinajstić information content (AvgIpc) is 2.18. The molecule has 0 amide bonds. The van der Waals surface area contributed by atoms with E-state index in [-0.39, 0.29) is 5.54 Å². The third-order valence-corrected chi connectivity index (χ3v) is 3.32. The molecule has 0 bridgehead atoms. The third kappa shape index (κ3) is 3.44. The smallest absolute Gasteiger partial charge is 0.0618 e. The first-order valence-corrected chi connectivity index (χ1v) is 6.00. The Balaban J connectivity index is 2.63. The molecule has 1 aliphatic heterocycles. The summed E-state index contributed by atoms with van der Waals surface area (Å²) < 4.78 is 5.30. The maximum Gasteiger partial charge on any atom is 0.0618 e. The van der Waals surface area contributed by atoms with Crippen molar-refractivity contribution in [3.8, 4) is 0 Å². The SMILES string of the molecule is CCC(COC)N1CC(C)(C)NCC1C. The van der Waals surface area contributed by atoms with Gasteiger partial charge in [-0.15, -0.1) is 0 Å². The first kappa shape index (κ1) is 12.9. The number of ether oxygens (including phenoxy) is 1. The Morgan fingerprint density at radius 2 is 2.20 bits per heavy atom. The lowest BCUT2D eigenvalue weighted by Crippen LogP contribution is -2.63. The Labute approximate surface area is 94.2 Å². The lowest BCUT2D eigenvalue weighted by atomic mass is 9.97. The lowest BCUT2D eigenvalue weighted by molar-refractivity contribution is 0.0206. The molecule has 2 unspecified atom stereocenters. The fourth-order valence-corrected chi connectivity index (χ4v) is 2.34. The number of hydrogen-bond acceptors (Lipinski definition) is 3. The molecule has 1 saturated heterocycles. The van der Waals surface area contributed by atoms with Crippen molar-refractivity contribution >= 4 is 0 Å². The molecule has 0 aromatic rings. The second-order valence-corrected chi connectivity index (χ2v) is 5.30. The van der Waals surface area contributed by atoms with Gasteiger partial charge in [-0.2, -0.15) is 0 Å². The van der Waals surface area contributed by atoms with Crippen molar-refractivity contribution in [2.45, 2.75) is 51.7 Å². The van der Waals surface area contributed by atoms with Crippen LogP contribution in [0.1, 0.15) is 34.1 Å². The van der Waals surface area contributed by atoms with Crippen molar-refractivity contribution < 1.29 is 4.74 Å². The number of methoxy groups -OCH3 is 1. The standard InChI is InChI=1S/C12H26N2O/c1-6-11(8-15-5)14-9-12(3,4)13-7-10(14)2/h10-11,13H,6-9H2,1-5H3. The predicted molar refractivity (Wildman–Crippen MR) is 64.2 cm³/mol. The van der Waals surface area contributed by atoms with E-state index in [1.165, 1.54) is 0 Å².